The Labute approximate surface area is 226 Å². The van der Waals surface area contributed by atoms with Gasteiger partial charge >= 0.3 is 0 Å². The summed E-state index contributed by atoms with van der Waals surface area (Å²) in [6.07, 6.45) is 3.63. The number of rotatable bonds is 2. The van der Waals surface area contributed by atoms with Crippen LogP contribution in [0.1, 0.15) is 0 Å². The van der Waals surface area contributed by atoms with E-state index in [9.17, 15) is 0 Å². The Balaban J connectivity index is 1.43. The minimum Gasteiger partial charge on any atom is -0.289 e. The molecule has 0 radical (unpaired) electrons. The number of pyridine rings is 2. The molecule has 0 saturated heterocycles. The van der Waals surface area contributed by atoms with Gasteiger partial charge in [-0.25, -0.2) is 0 Å². The van der Waals surface area contributed by atoms with Crippen molar-refractivity contribution < 1.29 is 4.57 Å². The molecule has 39 heavy (non-hydrogen) atoms. The average molecular weight is 520 g/mol. The topological polar surface area (TPSA) is 46.1 Å². The molecule has 6 aromatic rings. The minimum absolute atomic E-state index is 0.863. The van der Waals surface area contributed by atoms with Crippen LogP contribution in [0.3, 0.4) is 0 Å². The van der Waals surface area contributed by atoms with Gasteiger partial charge in [0.15, 0.2) is 0 Å². The highest BCUT2D eigenvalue weighted by molar-refractivity contribution is 7.81. The lowest BCUT2D eigenvalue weighted by Gasteiger charge is -2.44. The van der Waals surface area contributed by atoms with Crippen LogP contribution in [0.2, 0.25) is 0 Å². The van der Waals surface area contributed by atoms with E-state index in [2.05, 4.69) is 63.2 Å². The van der Waals surface area contributed by atoms with Crippen molar-refractivity contribution in [1.29, 1.82) is 0 Å². The smallest absolute Gasteiger partial charge is 0.235 e. The van der Waals surface area contributed by atoms with Crippen LogP contribution < -0.4 is 15.3 Å². The molecule has 0 aliphatic carbocycles. The predicted molar refractivity (Wildman–Crippen MR) is 159 cm³/mol. The summed E-state index contributed by atoms with van der Waals surface area (Å²) in [6, 6.07) is 40.9. The molecule has 5 heteroatoms. The van der Waals surface area contributed by atoms with E-state index < -0.39 is 7.29 Å². The van der Waals surface area contributed by atoms with Gasteiger partial charge < -0.3 is 0 Å². The van der Waals surface area contributed by atoms with E-state index in [0.717, 1.165) is 66.8 Å². The van der Waals surface area contributed by atoms with Crippen molar-refractivity contribution in [3.8, 4) is 44.8 Å². The summed E-state index contributed by atoms with van der Waals surface area (Å²) in [5.74, 6) is 0. The molecule has 0 bridgehead atoms. The van der Waals surface area contributed by atoms with E-state index in [1.165, 1.54) is 0 Å². The highest BCUT2D eigenvalue weighted by Gasteiger charge is 2.47. The fraction of sp³-hybridized carbons (Fsp3) is 0. The molecule has 0 spiro atoms. The van der Waals surface area contributed by atoms with Gasteiger partial charge in [0.25, 0.3) is 0 Å². The van der Waals surface area contributed by atoms with Crippen LogP contribution in [0.4, 0.5) is 11.4 Å². The lowest BCUT2D eigenvalue weighted by Crippen LogP contribution is -2.37. The van der Waals surface area contributed by atoms with Crippen molar-refractivity contribution in [2.24, 2.45) is 0 Å². The van der Waals surface area contributed by atoms with E-state index in [1.807, 2.05) is 85.2 Å². The zero-order valence-electron chi connectivity index (χ0n) is 20.9. The van der Waals surface area contributed by atoms with Gasteiger partial charge in [-0.05, 0) is 71.8 Å². The number of nitrogens with zero attached hydrogens (tertiary/aromatic N) is 3. The second kappa shape index (κ2) is 8.36. The van der Waals surface area contributed by atoms with Gasteiger partial charge in [-0.15, -0.1) is 0 Å². The van der Waals surface area contributed by atoms with Gasteiger partial charge in [-0.3, -0.25) is 19.2 Å². The third-order valence-corrected chi connectivity index (χ3v) is 10.8. The summed E-state index contributed by atoms with van der Waals surface area (Å²) >= 11 is 0. The Hall–Kier alpha value is -4.79. The number of hydrogen-bond acceptors (Lipinski definition) is 3. The maximum Gasteiger partial charge on any atom is 0.235 e. The first kappa shape index (κ1) is 22.2. The SMILES string of the molecule is O=P12c3ccccc3-c3cc(-c4ccccn4)ccc3N1c1ccc(-c3ccccn3)cc1-c1ccccc12. The van der Waals surface area contributed by atoms with E-state index in [0.29, 0.717) is 0 Å². The Morgan fingerprint density at radius 3 is 1.41 bits per heavy atom. The first-order chi connectivity index (χ1) is 19.2. The fourth-order valence-electron chi connectivity index (χ4n) is 5.97. The largest absolute Gasteiger partial charge is 0.289 e. The maximum atomic E-state index is 15.6. The number of fused-ring (bicyclic) bond motifs is 11. The second-order valence-electron chi connectivity index (χ2n) is 9.82. The molecule has 4 heterocycles. The normalized spacial score (nSPS) is 13.9. The number of aromatic nitrogens is 2. The number of benzene rings is 4. The molecule has 2 aromatic heterocycles. The molecule has 0 amide bonds. The van der Waals surface area contributed by atoms with Gasteiger partial charge in [-0.1, -0.05) is 60.7 Å². The monoisotopic (exact) mass is 519 g/mol. The Morgan fingerprint density at radius 2 is 0.949 bits per heavy atom. The highest BCUT2D eigenvalue weighted by Crippen LogP contribution is 2.66. The summed E-state index contributed by atoms with van der Waals surface area (Å²) in [7, 11) is -3.23. The molecular formula is C34H22N3OP. The molecule has 2 aliphatic heterocycles. The lowest BCUT2D eigenvalue weighted by molar-refractivity contribution is 0.586. The van der Waals surface area contributed by atoms with Crippen molar-refractivity contribution in [2.75, 3.05) is 4.67 Å². The number of hydrogen-bond donors (Lipinski definition) is 0. The zero-order chi connectivity index (χ0) is 26.0. The zero-order valence-corrected chi connectivity index (χ0v) is 21.8. The van der Waals surface area contributed by atoms with Crippen LogP contribution >= 0.6 is 7.29 Å². The van der Waals surface area contributed by atoms with Crippen LogP contribution in [0.5, 0.6) is 0 Å². The third-order valence-electron chi connectivity index (χ3n) is 7.69. The van der Waals surface area contributed by atoms with Crippen LogP contribution in [-0.4, -0.2) is 9.97 Å². The van der Waals surface area contributed by atoms with Crippen molar-refractivity contribution in [2.45, 2.75) is 0 Å². The Bertz CT molecular complexity index is 1820. The molecule has 4 nitrogen and oxygen atoms in total. The van der Waals surface area contributed by atoms with Crippen LogP contribution in [0, 0.1) is 0 Å². The van der Waals surface area contributed by atoms with Crippen LogP contribution in [-0.2, 0) is 4.57 Å². The average Bonchev–Trinajstić information content (AvgIpc) is 3.02. The van der Waals surface area contributed by atoms with Crippen molar-refractivity contribution in [3.05, 3.63) is 134 Å². The van der Waals surface area contributed by atoms with Crippen molar-refractivity contribution >= 4 is 29.3 Å². The summed E-state index contributed by atoms with van der Waals surface area (Å²) in [5.41, 5.74) is 9.90. The standard InChI is InChI=1S/C34H22N3OP/c38-39-33-13-3-1-9-25(33)27-21-23(29-11-5-7-19-35-29)15-17-31(27)37(39)32-18-16-24(30-12-6-8-20-36-30)22-28(32)26-10-2-4-14-34(26)39/h1-22H. The molecule has 0 unspecified atom stereocenters. The van der Waals surface area contributed by atoms with E-state index in [-0.39, 0.29) is 0 Å². The molecule has 0 atom stereocenters. The maximum absolute atomic E-state index is 15.6. The van der Waals surface area contributed by atoms with Gasteiger partial charge in [0.05, 0.1) is 22.8 Å². The molecule has 8 rings (SSSR count). The van der Waals surface area contributed by atoms with Gasteiger partial charge in [0.2, 0.25) is 7.29 Å². The minimum atomic E-state index is -3.23. The van der Waals surface area contributed by atoms with E-state index in [1.54, 1.807) is 0 Å². The van der Waals surface area contributed by atoms with Crippen LogP contribution in [0.25, 0.3) is 44.8 Å². The summed E-state index contributed by atoms with van der Waals surface area (Å²) < 4.78 is 17.7. The first-order valence-corrected chi connectivity index (χ1v) is 14.6. The summed E-state index contributed by atoms with van der Waals surface area (Å²) in [6.45, 7) is 0. The van der Waals surface area contributed by atoms with E-state index in [4.69, 9.17) is 0 Å². The molecule has 2 aliphatic rings. The van der Waals surface area contributed by atoms with Crippen molar-refractivity contribution in [3.63, 3.8) is 0 Å². The molecule has 184 valence electrons. The first-order valence-electron chi connectivity index (χ1n) is 12.9. The molecule has 0 saturated carbocycles. The lowest BCUT2D eigenvalue weighted by atomic mass is 9.96. The van der Waals surface area contributed by atoms with Crippen LogP contribution in [0.15, 0.2) is 134 Å². The quantitative estimate of drug-likeness (QED) is 0.219. The van der Waals surface area contributed by atoms with E-state index >= 15 is 4.57 Å². The summed E-state index contributed by atoms with van der Waals surface area (Å²) in [4.78, 5) is 9.16. The summed E-state index contributed by atoms with van der Waals surface area (Å²) in [5, 5.41) is 1.73. The predicted octanol–water partition coefficient (Wildman–Crippen LogP) is 7.84. The van der Waals surface area contributed by atoms with Gasteiger partial charge in [0, 0.05) is 45.3 Å². The highest BCUT2D eigenvalue weighted by atomic mass is 31.2. The molecular weight excluding hydrogens is 497 g/mol. The molecule has 4 aromatic carbocycles. The third kappa shape index (κ3) is 3.16. The Kier molecular flexibility index (Phi) is 4.76. The van der Waals surface area contributed by atoms with Gasteiger partial charge in [0.1, 0.15) is 0 Å². The van der Waals surface area contributed by atoms with Crippen molar-refractivity contribution in [1.82, 2.24) is 9.97 Å². The molecule has 0 fully saturated rings. The Morgan fingerprint density at radius 1 is 0.487 bits per heavy atom. The fourth-order valence-corrected chi connectivity index (χ4v) is 9.23. The van der Waals surface area contributed by atoms with Gasteiger partial charge in [-0.2, -0.15) is 0 Å². The molecule has 0 N–H and O–H groups in total. The number of anilines is 2. The second-order valence-corrected chi connectivity index (χ2v) is 12.3.